The summed E-state index contributed by atoms with van der Waals surface area (Å²) in [5.74, 6) is 2.24. The van der Waals surface area contributed by atoms with Crippen molar-refractivity contribution in [2.24, 2.45) is 5.92 Å². The first-order valence-corrected chi connectivity index (χ1v) is 7.60. The molecule has 2 aliphatic rings. The number of ether oxygens (including phenoxy) is 1. The summed E-state index contributed by atoms with van der Waals surface area (Å²) in [5, 5.41) is 12.6. The zero-order valence-corrected chi connectivity index (χ0v) is 11.9. The monoisotopic (exact) mass is 280 g/mol. The third-order valence-electron chi connectivity index (χ3n) is 4.39. The lowest BCUT2D eigenvalue weighted by atomic mass is 9.88. The van der Waals surface area contributed by atoms with Gasteiger partial charge in [0.25, 0.3) is 0 Å². The normalized spacial score (nSPS) is 23.9. The highest BCUT2D eigenvalue weighted by atomic mass is 16.5. The first-order valence-electron chi connectivity index (χ1n) is 7.60. The van der Waals surface area contributed by atoms with E-state index >= 15 is 0 Å². The van der Waals surface area contributed by atoms with Gasteiger partial charge in [-0.2, -0.15) is 0 Å². The van der Waals surface area contributed by atoms with Crippen LogP contribution in [0.4, 0.5) is 0 Å². The molecule has 3 rings (SSSR count). The van der Waals surface area contributed by atoms with Crippen molar-refractivity contribution < 1.29 is 14.3 Å². The van der Waals surface area contributed by atoms with Crippen molar-refractivity contribution in [3.63, 3.8) is 0 Å². The Hall–Kier alpha value is -0.880. The summed E-state index contributed by atoms with van der Waals surface area (Å²) in [7, 11) is 0. The largest absolute Gasteiger partial charge is 0.462 e. The minimum Gasteiger partial charge on any atom is -0.462 e. The molecule has 0 spiro atoms. The van der Waals surface area contributed by atoms with Gasteiger partial charge >= 0.3 is 0 Å². The van der Waals surface area contributed by atoms with Crippen LogP contribution in [0.25, 0.3) is 0 Å². The highest BCUT2D eigenvalue weighted by molar-refractivity contribution is 5.12. The van der Waals surface area contributed by atoms with Gasteiger partial charge < -0.3 is 19.6 Å². The van der Waals surface area contributed by atoms with Crippen molar-refractivity contribution in [2.45, 2.75) is 25.5 Å². The summed E-state index contributed by atoms with van der Waals surface area (Å²) in [5.41, 5.74) is 0. The second-order valence-corrected chi connectivity index (χ2v) is 5.64. The van der Waals surface area contributed by atoms with Crippen LogP contribution in [0, 0.1) is 5.92 Å². The van der Waals surface area contributed by atoms with Crippen LogP contribution in [0.15, 0.2) is 16.5 Å². The Morgan fingerprint density at radius 2 is 2.00 bits per heavy atom. The van der Waals surface area contributed by atoms with E-state index in [0.717, 1.165) is 58.0 Å². The molecule has 112 valence electrons. The molecule has 0 aliphatic carbocycles. The van der Waals surface area contributed by atoms with Crippen molar-refractivity contribution in [3.05, 3.63) is 23.7 Å². The van der Waals surface area contributed by atoms with Crippen LogP contribution in [0.3, 0.4) is 0 Å². The van der Waals surface area contributed by atoms with Gasteiger partial charge in [0, 0.05) is 39.4 Å². The highest BCUT2D eigenvalue weighted by Crippen LogP contribution is 2.36. The summed E-state index contributed by atoms with van der Waals surface area (Å²) >= 11 is 0. The number of furan rings is 1. The molecular formula is C15H24N2O3. The van der Waals surface area contributed by atoms with Gasteiger partial charge in [-0.3, -0.25) is 4.90 Å². The molecule has 2 fully saturated rings. The molecule has 5 nitrogen and oxygen atoms in total. The van der Waals surface area contributed by atoms with E-state index in [4.69, 9.17) is 9.15 Å². The van der Waals surface area contributed by atoms with Gasteiger partial charge in [-0.05, 0) is 30.9 Å². The van der Waals surface area contributed by atoms with Crippen molar-refractivity contribution in [1.29, 1.82) is 0 Å². The lowest BCUT2D eigenvalue weighted by Gasteiger charge is -2.39. The van der Waals surface area contributed by atoms with Gasteiger partial charge in [0.2, 0.25) is 0 Å². The van der Waals surface area contributed by atoms with Gasteiger partial charge in [0.05, 0.1) is 6.04 Å². The third-order valence-corrected chi connectivity index (χ3v) is 4.39. The second-order valence-electron chi connectivity index (χ2n) is 5.64. The van der Waals surface area contributed by atoms with E-state index in [1.807, 2.05) is 12.1 Å². The Morgan fingerprint density at radius 3 is 2.65 bits per heavy atom. The zero-order chi connectivity index (χ0) is 13.8. The van der Waals surface area contributed by atoms with E-state index in [9.17, 15) is 5.11 Å². The third kappa shape index (κ3) is 3.06. The Morgan fingerprint density at radius 1 is 1.25 bits per heavy atom. The van der Waals surface area contributed by atoms with E-state index in [0.29, 0.717) is 17.7 Å². The van der Waals surface area contributed by atoms with Gasteiger partial charge in [-0.25, -0.2) is 0 Å². The quantitative estimate of drug-likeness (QED) is 0.866. The average Bonchev–Trinajstić information content (AvgIpc) is 2.98. The average molecular weight is 280 g/mol. The van der Waals surface area contributed by atoms with Crippen LogP contribution < -0.4 is 5.32 Å². The summed E-state index contributed by atoms with van der Waals surface area (Å²) in [6, 6.07) is 4.25. The molecule has 0 amide bonds. The molecule has 1 aromatic heterocycles. The predicted octanol–water partition coefficient (Wildman–Crippen LogP) is 1.14. The van der Waals surface area contributed by atoms with Gasteiger partial charge in [-0.15, -0.1) is 0 Å². The Balaban J connectivity index is 1.81. The molecule has 2 N–H and O–H groups in total. The van der Waals surface area contributed by atoms with Crippen molar-refractivity contribution >= 4 is 0 Å². The number of nitrogens with zero attached hydrogens (tertiary/aromatic N) is 1. The molecule has 3 heterocycles. The fourth-order valence-corrected chi connectivity index (χ4v) is 3.34. The molecule has 0 radical (unpaired) electrons. The zero-order valence-electron chi connectivity index (χ0n) is 11.9. The van der Waals surface area contributed by atoms with Crippen LogP contribution in [-0.4, -0.2) is 49.4 Å². The fraction of sp³-hybridized carbons (Fsp3) is 0.733. The minimum atomic E-state index is -0.0257. The van der Waals surface area contributed by atoms with Crippen LogP contribution in [-0.2, 0) is 11.3 Å². The first-order chi connectivity index (χ1) is 9.88. The highest BCUT2D eigenvalue weighted by Gasteiger charge is 2.33. The minimum absolute atomic E-state index is 0.0257. The fourth-order valence-electron chi connectivity index (χ4n) is 3.34. The van der Waals surface area contributed by atoms with Crippen LogP contribution >= 0.6 is 0 Å². The van der Waals surface area contributed by atoms with Crippen molar-refractivity contribution in [3.8, 4) is 0 Å². The van der Waals surface area contributed by atoms with Crippen molar-refractivity contribution in [2.75, 3.05) is 39.4 Å². The van der Waals surface area contributed by atoms with E-state index < -0.39 is 0 Å². The molecule has 0 aromatic carbocycles. The molecule has 0 bridgehead atoms. The van der Waals surface area contributed by atoms with Crippen LogP contribution in [0.2, 0.25) is 0 Å². The lowest BCUT2D eigenvalue weighted by Crippen LogP contribution is -2.47. The first kappa shape index (κ1) is 14.1. The number of aliphatic hydroxyl groups excluding tert-OH is 1. The SMILES string of the molecule is OCc1ccc([C@H](C2CCOCC2)N2CCNCC2)o1. The van der Waals surface area contributed by atoms with Crippen molar-refractivity contribution in [1.82, 2.24) is 10.2 Å². The Kier molecular flexibility index (Phi) is 4.73. The van der Waals surface area contributed by atoms with E-state index in [1.165, 1.54) is 0 Å². The van der Waals surface area contributed by atoms with Gasteiger partial charge in [-0.1, -0.05) is 0 Å². The van der Waals surface area contributed by atoms with E-state index in [-0.39, 0.29) is 6.61 Å². The topological polar surface area (TPSA) is 57.9 Å². The molecule has 0 unspecified atom stereocenters. The predicted molar refractivity (Wildman–Crippen MR) is 75.4 cm³/mol. The molecule has 20 heavy (non-hydrogen) atoms. The summed E-state index contributed by atoms with van der Waals surface area (Å²) in [6.45, 7) is 5.85. The molecule has 2 saturated heterocycles. The van der Waals surface area contributed by atoms with Gasteiger partial charge in [0.15, 0.2) is 0 Å². The second kappa shape index (κ2) is 6.72. The summed E-state index contributed by atoms with van der Waals surface area (Å²) in [6.07, 6.45) is 2.17. The lowest BCUT2D eigenvalue weighted by molar-refractivity contribution is 0.0141. The summed E-state index contributed by atoms with van der Waals surface area (Å²) in [4.78, 5) is 2.52. The number of aliphatic hydroxyl groups is 1. The van der Waals surface area contributed by atoms with Crippen LogP contribution in [0.1, 0.15) is 30.4 Å². The number of hydrogen-bond donors (Lipinski definition) is 2. The molecule has 0 saturated carbocycles. The van der Waals surface area contributed by atoms with E-state index in [1.54, 1.807) is 0 Å². The number of nitrogens with one attached hydrogen (secondary N) is 1. The summed E-state index contributed by atoms with van der Waals surface area (Å²) < 4.78 is 11.3. The molecule has 1 aromatic rings. The number of hydrogen-bond acceptors (Lipinski definition) is 5. The van der Waals surface area contributed by atoms with Crippen LogP contribution in [0.5, 0.6) is 0 Å². The van der Waals surface area contributed by atoms with E-state index in [2.05, 4.69) is 10.2 Å². The Labute approximate surface area is 119 Å². The number of rotatable bonds is 4. The molecule has 1 atom stereocenters. The standard InChI is InChI=1S/C15H24N2O3/c18-11-13-1-2-14(20-13)15(12-3-9-19-10-4-12)17-7-5-16-6-8-17/h1-2,12,15-16,18H,3-11H2/t15-/m0/s1. The Bertz CT molecular complexity index is 391. The maximum Gasteiger partial charge on any atom is 0.129 e. The molecular weight excluding hydrogens is 256 g/mol. The maximum absolute atomic E-state index is 9.22. The molecule has 5 heteroatoms. The smallest absolute Gasteiger partial charge is 0.129 e. The maximum atomic E-state index is 9.22. The van der Waals surface area contributed by atoms with Gasteiger partial charge in [0.1, 0.15) is 18.1 Å². The number of piperazine rings is 1. The molecule has 2 aliphatic heterocycles.